The van der Waals surface area contributed by atoms with Crippen molar-refractivity contribution < 1.29 is 28.7 Å². The molecule has 0 saturated carbocycles. The van der Waals surface area contributed by atoms with Gasteiger partial charge in [-0.05, 0) is 70.7 Å². The molecule has 0 aliphatic heterocycles. The van der Waals surface area contributed by atoms with Gasteiger partial charge in [0, 0.05) is 13.0 Å². The first-order valence-corrected chi connectivity index (χ1v) is 16.2. The molecule has 2 atom stereocenters. The van der Waals surface area contributed by atoms with Crippen LogP contribution < -0.4 is 10.6 Å². The number of amides is 3. The van der Waals surface area contributed by atoms with Gasteiger partial charge in [0.05, 0.1) is 0 Å². The molecule has 0 spiro atoms. The molecule has 46 heavy (non-hydrogen) atoms. The van der Waals surface area contributed by atoms with Gasteiger partial charge < -0.3 is 25.0 Å². The lowest BCUT2D eigenvalue weighted by atomic mass is 9.99. The van der Waals surface area contributed by atoms with E-state index in [9.17, 15) is 19.2 Å². The SMILES string of the molecule is C=Cc1cccc(C(C(=O)NC(Cc2ccccc2)C(=O)OC(C)(C)C)N(CCCCCCC)C(=O)CNC(=O)OC(C)(C)C)c1. The van der Waals surface area contributed by atoms with Gasteiger partial charge in [-0.25, -0.2) is 9.59 Å². The molecule has 0 saturated heterocycles. The highest BCUT2D eigenvalue weighted by atomic mass is 16.6. The number of benzene rings is 2. The van der Waals surface area contributed by atoms with Crippen molar-refractivity contribution in [2.75, 3.05) is 13.1 Å². The molecular weight excluding hydrogens is 582 g/mol. The molecule has 0 aromatic heterocycles. The number of alkyl carbamates (subject to hydrolysis) is 1. The number of carbonyl (C=O) groups excluding carboxylic acids is 4. The summed E-state index contributed by atoms with van der Waals surface area (Å²) in [6.45, 7) is 16.4. The van der Waals surface area contributed by atoms with E-state index in [-0.39, 0.29) is 19.5 Å². The van der Waals surface area contributed by atoms with Crippen molar-refractivity contribution in [3.8, 4) is 0 Å². The molecule has 2 aromatic carbocycles. The summed E-state index contributed by atoms with van der Waals surface area (Å²) in [4.78, 5) is 55.6. The monoisotopic (exact) mass is 635 g/mol. The van der Waals surface area contributed by atoms with Gasteiger partial charge in [0.1, 0.15) is 29.8 Å². The average molecular weight is 636 g/mol. The molecule has 2 aromatic rings. The molecule has 9 heteroatoms. The van der Waals surface area contributed by atoms with Crippen LogP contribution in [0.15, 0.2) is 61.2 Å². The minimum Gasteiger partial charge on any atom is -0.458 e. The van der Waals surface area contributed by atoms with Crippen LogP contribution in [0.1, 0.15) is 103 Å². The Balaban J connectivity index is 2.51. The maximum absolute atomic E-state index is 14.4. The average Bonchev–Trinajstić information content (AvgIpc) is 2.97. The molecule has 0 aliphatic rings. The largest absolute Gasteiger partial charge is 0.458 e. The first-order valence-electron chi connectivity index (χ1n) is 16.2. The highest BCUT2D eigenvalue weighted by Crippen LogP contribution is 2.25. The van der Waals surface area contributed by atoms with Crippen LogP contribution in [0.5, 0.6) is 0 Å². The Morgan fingerprint density at radius 3 is 2.13 bits per heavy atom. The van der Waals surface area contributed by atoms with Crippen LogP contribution >= 0.6 is 0 Å². The molecule has 2 rings (SSSR count). The zero-order valence-corrected chi connectivity index (χ0v) is 28.7. The molecular formula is C37H53N3O6. The normalized spacial score (nSPS) is 12.8. The summed E-state index contributed by atoms with van der Waals surface area (Å²) < 4.78 is 11.0. The van der Waals surface area contributed by atoms with Crippen LogP contribution in [0.4, 0.5) is 4.79 Å². The number of hydrogen-bond acceptors (Lipinski definition) is 6. The lowest BCUT2D eigenvalue weighted by Crippen LogP contribution is -2.52. The Morgan fingerprint density at radius 2 is 1.52 bits per heavy atom. The van der Waals surface area contributed by atoms with Crippen molar-refractivity contribution in [2.24, 2.45) is 0 Å². The third-order valence-electron chi connectivity index (χ3n) is 6.92. The summed E-state index contributed by atoms with van der Waals surface area (Å²) in [7, 11) is 0. The van der Waals surface area contributed by atoms with Gasteiger partial charge in [-0.15, -0.1) is 0 Å². The standard InChI is InChI=1S/C37H53N3O6/c1-9-11-12-13-17-23-40(31(41)26-38-35(44)46-37(6,7)8)32(29-22-18-21-27(10-2)24-29)33(42)39-30(34(43)45-36(3,4)5)25-28-19-15-14-16-20-28/h10,14-16,18-22,24,30,32H,2,9,11-13,17,23,25-26H2,1,3-8H3,(H,38,44)(H,39,42). The topological polar surface area (TPSA) is 114 Å². The van der Waals surface area contributed by atoms with E-state index >= 15 is 0 Å². The number of ether oxygens (including phenoxy) is 2. The zero-order chi connectivity index (χ0) is 34.3. The van der Waals surface area contributed by atoms with E-state index in [1.807, 2.05) is 36.4 Å². The Labute approximate surface area is 275 Å². The molecule has 2 unspecified atom stereocenters. The highest BCUT2D eigenvalue weighted by Gasteiger charge is 2.35. The van der Waals surface area contributed by atoms with Crippen LogP contribution in [-0.4, -0.2) is 59.1 Å². The number of hydrogen-bond donors (Lipinski definition) is 2. The predicted octanol–water partition coefficient (Wildman–Crippen LogP) is 6.76. The second-order valence-electron chi connectivity index (χ2n) is 13.4. The predicted molar refractivity (Wildman–Crippen MR) is 182 cm³/mol. The van der Waals surface area contributed by atoms with Crippen molar-refractivity contribution in [3.05, 3.63) is 77.9 Å². The van der Waals surface area contributed by atoms with Crippen molar-refractivity contribution >= 4 is 30.0 Å². The third kappa shape index (κ3) is 13.9. The van der Waals surface area contributed by atoms with E-state index < -0.39 is 47.2 Å². The third-order valence-corrected chi connectivity index (χ3v) is 6.92. The molecule has 9 nitrogen and oxygen atoms in total. The summed E-state index contributed by atoms with van der Waals surface area (Å²) in [6, 6.07) is 14.5. The van der Waals surface area contributed by atoms with E-state index in [1.54, 1.807) is 65.8 Å². The van der Waals surface area contributed by atoms with Gasteiger partial charge in [0.25, 0.3) is 0 Å². The summed E-state index contributed by atoms with van der Waals surface area (Å²) in [6.07, 6.45) is 5.78. The maximum atomic E-state index is 14.4. The fourth-order valence-corrected chi connectivity index (χ4v) is 4.84. The summed E-state index contributed by atoms with van der Waals surface area (Å²) in [5.41, 5.74) is 0.647. The number of carbonyl (C=O) groups is 4. The molecule has 0 heterocycles. The number of nitrogens with zero attached hydrogens (tertiary/aromatic N) is 1. The Morgan fingerprint density at radius 1 is 0.870 bits per heavy atom. The van der Waals surface area contributed by atoms with Gasteiger partial charge in [0.15, 0.2) is 0 Å². The van der Waals surface area contributed by atoms with Crippen LogP contribution in [0, 0.1) is 0 Å². The first-order chi connectivity index (χ1) is 21.6. The zero-order valence-electron chi connectivity index (χ0n) is 28.7. The second kappa shape index (κ2) is 18.1. The maximum Gasteiger partial charge on any atom is 0.408 e. The lowest BCUT2D eigenvalue weighted by Gasteiger charge is -2.33. The van der Waals surface area contributed by atoms with Crippen LogP contribution in [0.3, 0.4) is 0 Å². The van der Waals surface area contributed by atoms with Crippen LogP contribution in [0.25, 0.3) is 6.08 Å². The van der Waals surface area contributed by atoms with E-state index in [0.717, 1.165) is 36.8 Å². The molecule has 3 amide bonds. The van der Waals surface area contributed by atoms with Gasteiger partial charge in [-0.1, -0.05) is 93.8 Å². The summed E-state index contributed by atoms with van der Waals surface area (Å²) in [5, 5.41) is 5.46. The van der Waals surface area contributed by atoms with Crippen molar-refractivity contribution in [2.45, 2.75) is 110 Å². The second-order valence-corrected chi connectivity index (χ2v) is 13.4. The number of esters is 1. The molecule has 0 bridgehead atoms. The molecule has 2 N–H and O–H groups in total. The molecule has 0 aliphatic carbocycles. The number of unbranched alkanes of at least 4 members (excludes halogenated alkanes) is 4. The van der Waals surface area contributed by atoms with Gasteiger partial charge in [-0.2, -0.15) is 0 Å². The van der Waals surface area contributed by atoms with E-state index in [1.165, 1.54) is 4.90 Å². The van der Waals surface area contributed by atoms with Crippen molar-refractivity contribution in [1.29, 1.82) is 0 Å². The van der Waals surface area contributed by atoms with Gasteiger partial charge in [-0.3, -0.25) is 9.59 Å². The number of nitrogens with one attached hydrogen (secondary N) is 2. The van der Waals surface area contributed by atoms with Gasteiger partial charge in [0.2, 0.25) is 11.8 Å². The quantitative estimate of drug-likeness (QED) is 0.156. The van der Waals surface area contributed by atoms with E-state index in [2.05, 4.69) is 24.1 Å². The fraction of sp³-hybridized carbons (Fsp3) is 0.514. The van der Waals surface area contributed by atoms with Gasteiger partial charge >= 0.3 is 12.1 Å². The van der Waals surface area contributed by atoms with Crippen molar-refractivity contribution in [3.63, 3.8) is 0 Å². The summed E-state index contributed by atoms with van der Waals surface area (Å²) >= 11 is 0. The van der Waals surface area contributed by atoms with Crippen LogP contribution in [0.2, 0.25) is 0 Å². The Hall–Kier alpha value is -4.14. The molecule has 0 radical (unpaired) electrons. The van der Waals surface area contributed by atoms with Crippen molar-refractivity contribution in [1.82, 2.24) is 15.5 Å². The smallest absolute Gasteiger partial charge is 0.408 e. The van der Waals surface area contributed by atoms with Crippen LogP contribution in [-0.2, 0) is 30.3 Å². The lowest BCUT2D eigenvalue weighted by molar-refractivity contribution is -0.159. The highest BCUT2D eigenvalue weighted by molar-refractivity contribution is 5.93. The Kier molecular flexibility index (Phi) is 15.0. The molecule has 252 valence electrons. The van der Waals surface area contributed by atoms with E-state index in [4.69, 9.17) is 9.47 Å². The van der Waals surface area contributed by atoms with E-state index in [0.29, 0.717) is 12.0 Å². The first kappa shape index (κ1) is 38.0. The molecule has 0 fully saturated rings. The minimum absolute atomic E-state index is 0.200. The Bertz CT molecular complexity index is 1300. The minimum atomic E-state index is -1.10. The summed E-state index contributed by atoms with van der Waals surface area (Å²) in [5.74, 6) is -1.57. The fourth-order valence-electron chi connectivity index (χ4n) is 4.84. The number of rotatable bonds is 16.